The number of aromatic nitrogens is 1. The molecule has 0 fully saturated rings. The van der Waals surface area contributed by atoms with Crippen LogP contribution >= 0.6 is 0 Å². The third-order valence-electron chi connectivity index (χ3n) is 1.54. The molecule has 0 spiro atoms. The third-order valence-corrected chi connectivity index (χ3v) is 1.54. The lowest BCUT2D eigenvalue weighted by Gasteiger charge is -2.11. The summed E-state index contributed by atoms with van der Waals surface area (Å²) in [6.07, 6.45) is -2.88. The molecule has 0 unspecified atom stereocenters. The van der Waals surface area contributed by atoms with E-state index in [9.17, 15) is 13.2 Å². The second kappa shape index (κ2) is 4.37. The number of nitrogens with zero attached hydrogens (tertiary/aromatic N) is 1. The van der Waals surface area contributed by atoms with Gasteiger partial charge in [-0.2, -0.15) is 13.2 Å². The first-order valence-electron chi connectivity index (χ1n) is 4.12. The molecule has 0 amide bonds. The quantitative estimate of drug-likeness (QED) is 0.785. The number of rotatable bonds is 3. The molecule has 0 aliphatic heterocycles. The SMILES string of the molecule is COc1ncc(C)cc1OCC(F)(F)F. The van der Waals surface area contributed by atoms with Crippen molar-refractivity contribution >= 4 is 0 Å². The highest BCUT2D eigenvalue weighted by Gasteiger charge is 2.29. The topological polar surface area (TPSA) is 31.4 Å². The third kappa shape index (κ3) is 3.65. The van der Waals surface area contributed by atoms with Crippen molar-refractivity contribution in [1.82, 2.24) is 4.98 Å². The normalized spacial score (nSPS) is 11.3. The number of hydrogen-bond acceptors (Lipinski definition) is 3. The lowest BCUT2D eigenvalue weighted by atomic mass is 10.3. The van der Waals surface area contributed by atoms with Gasteiger partial charge in [0.1, 0.15) is 0 Å². The Bertz CT molecular complexity index is 339. The van der Waals surface area contributed by atoms with Gasteiger partial charge in [-0.05, 0) is 18.6 Å². The molecule has 0 saturated heterocycles. The fourth-order valence-corrected chi connectivity index (χ4v) is 0.946. The molecule has 6 heteroatoms. The number of ether oxygens (including phenoxy) is 2. The van der Waals surface area contributed by atoms with E-state index in [0.717, 1.165) is 0 Å². The second-order valence-electron chi connectivity index (χ2n) is 2.92. The van der Waals surface area contributed by atoms with Gasteiger partial charge in [-0.15, -0.1) is 0 Å². The van der Waals surface area contributed by atoms with Crippen LogP contribution in [0.25, 0.3) is 0 Å². The van der Waals surface area contributed by atoms with Crippen LogP contribution in [0.3, 0.4) is 0 Å². The fourth-order valence-electron chi connectivity index (χ4n) is 0.946. The van der Waals surface area contributed by atoms with Crippen LogP contribution in [0, 0.1) is 6.92 Å². The second-order valence-corrected chi connectivity index (χ2v) is 2.92. The Morgan fingerprint density at radius 2 is 2.07 bits per heavy atom. The Morgan fingerprint density at radius 3 is 2.60 bits per heavy atom. The molecule has 1 aromatic rings. The monoisotopic (exact) mass is 221 g/mol. The van der Waals surface area contributed by atoms with Crippen molar-refractivity contribution in [3.8, 4) is 11.6 Å². The lowest BCUT2D eigenvalue weighted by Crippen LogP contribution is -2.19. The van der Waals surface area contributed by atoms with Crippen LogP contribution in [0.1, 0.15) is 5.56 Å². The molecule has 1 heterocycles. The van der Waals surface area contributed by atoms with Crippen molar-refractivity contribution in [2.24, 2.45) is 0 Å². The first kappa shape index (κ1) is 11.6. The molecular formula is C9H10F3NO2. The van der Waals surface area contributed by atoms with E-state index in [2.05, 4.69) is 9.72 Å². The van der Waals surface area contributed by atoms with Gasteiger partial charge in [-0.3, -0.25) is 0 Å². The Morgan fingerprint density at radius 1 is 1.40 bits per heavy atom. The molecule has 0 aliphatic rings. The van der Waals surface area contributed by atoms with Gasteiger partial charge in [0.2, 0.25) is 0 Å². The summed E-state index contributed by atoms with van der Waals surface area (Å²) in [5, 5.41) is 0. The smallest absolute Gasteiger partial charge is 0.422 e. The maximum atomic E-state index is 11.9. The van der Waals surface area contributed by atoms with E-state index in [1.165, 1.54) is 19.4 Å². The predicted molar refractivity (Wildman–Crippen MR) is 47.1 cm³/mol. The molecule has 0 radical (unpaired) electrons. The van der Waals surface area contributed by atoms with Gasteiger partial charge in [0.25, 0.3) is 5.88 Å². The molecule has 84 valence electrons. The Hall–Kier alpha value is -1.46. The molecule has 15 heavy (non-hydrogen) atoms. The van der Waals surface area contributed by atoms with Crippen LogP contribution in [0.4, 0.5) is 13.2 Å². The van der Waals surface area contributed by atoms with E-state index >= 15 is 0 Å². The van der Waals surface area contributed by atoms with Crippen LogP contribution in [0.15, 0.2) is 12.3 Å². The minimum absolute atomic E-state index is 0.00479. The Labute approximate surface area is 84.8 Å². The Balaban J connectivity index is 2.79. The molecule has 0 saturated carbocycles. The van der Waals surface area contributed by atoms with E-state index in [1.54, 1.807) is 6.92 Å². The van der Waals surface area contributed by atoms with E-state index in [1.807, 2.05) is 0 Å². The van der Waals surface area contributed by atoms with Gasteiger partial charge in [-0.25, -0.2) is 4.98 Å². The van der Waals surface area contributed by atoms with Crippen LogP contribution in [0.5, 0.6) is 11.6 Å². The predicted octanol–water partition coefficient (Wildman–Crippen LogP) is 2.34. The highest BCUT2D eigenvalue weighted by Crippen LogP contribution is 2.26. The van der Waals surface area contributed by atoms with Crippen molar-refractivity contribution in [2.45, 2.75) is 13.1 Å². The summed E-state index contributed by atoms with van der Waals surface area (Å²) in [5.74, 6) is 0.0414. The summed E-state index contributed by atoms with van der Waals surface area (Å²) in [7, 11) is 1.32. The minimum Gasteiger partial charge on any atom is -0.478 e. The molecule has 0 bridgehead atoms. The number of halogens is 3. The number of methoxy groups -OCH3 is 1. The van der Waals surface area contributed by atoms with Gasteiger partial charge >= 0.3 is 6.18 Å². The fraction of sp³-hybridized carbons (Fsp3) is 0.444. The maximum absolute atomic E-state index is 11.9. The zero-order valence-corrected chi connectivity index (χ0v) is 8.26. The van der Waals surface area contributed by atoms with Crippen molar-refractivity contribution in [3.05, 3.63) is 17.8 Å². The van der Waals surface area contributed by atoms with E-state index in [0.29, 0.717) is 5.56 Å². The van der Waals surface area contributed by atoms with Gasteiger partial charge in [0.05, 0.1) is 7.11 Å². The highest BCUT2D eigenvalue weighted by molar-refractivity contribution is 5.35. The summed E-state index contributed by atoms with van der Waals surface area (Å²) >= 11 is 0. The number of aryl methyl sites for hydroxylation is 1. The van der Waals surface area contributed by atoms with Gasteiger partial charge in [0, 0.05) is 6.20 Å². The standard InChI is InChI=1S/C9H10F3NO2/c1-6-3-7(8(14-2)13-4-6)15-5-9(10,11)12/h3-4H,5H2,1-2H3. The van der Waals surface area contributed by atoms with Crippen molar-refractivity contribution < 1.29 is 22.6 Å². The molecule has 0 aliphatic carbocycles. The molecule has 1 rings (SSSR count). The largest absolute Gasteiger partial charge is 0.478 e. The van der Waals surface area contributed by atoms with Gasteiger partial charge in [-0.1, -0.05) is 0 Å². The van der Waals surface area contributed by atoms with Gasteiger partial charge in [0.15, 0.2) is 12.4 Å². The molecule has 0 atom stereocenters. The van der Waals surface area contributed by atoms with E-state index < -0.39 is 12.8 Å². The number of alkyl halides is 3. The molecule has 0 aromatic carbocycles. The van der Waals surface area contributed by atoms with E-state index in [4.69, 9.17) is 4.74 Å². The Kier molecular flexibility index (Phi) is 3.39. The average molecular weight is 221 g/mol. The van der Waals surface area contributed by atoms with Crippen molar-refractivity contribution in [2.75, 3.05) is 13.7 Å². The lowest BCUT2D eigenvalue weighted by molar-refractivity contribution is -0.153. The molecule has 1 aromatic heterocycles. The highest BCUT2D eigenvalue weighted by atomic mass is 19.4. The summed E-state index contributed by atoms with van der Waals surface area (Å²) in [6, 6.07) is 1.44. The van der Waals surface area contributed by atoms with Crippen LogP contribution in [-0.2, 0) is 0 Å². The molecule has 0 N–H and O–H groups in total. The van der Waals surface area contributed by atoms with Crippen LogP contribution < -0.4 is 9.47 Å². The first-order chi connectivity index (χ1) is 6.92. The van der Waals surface area contributed by atoms with Crippen molar-refractivity contribution in [3.63, 3.8) is 0 Å². The average Bonchev–Trinajstić information content (AvgIpc) is 2.14. The number of hydrogen-bond donors (Lipinski definition) is 0. The van der Waals surface area contributed by atoms with Crippen molar-refractivity contribution in [1.29, 1.82) is 0 Å². The van der Waals surface area contributed by atoms with Crippen LogP contribution in [-0.4, -0.2) is 24.9 Å². The van der Waals surface area contributed by atoms with Crippen LogP contribution in [0.2, 0.25) is 0 Å². The summed E-state index contributed by atoms with van der Waals surface area (Å²) in [4.78, 5) is 3.78. The zero-order valence-electron chi connectivity index (χ0n) is 8.26. The van der Waals surface area contributed by atoms with E-state index in [-0.39, 0.29) is 11.6 Å². The molecular weight excluding hydrogens is 211 g/mol. The minimum atomic E-state index is -4.37. The summed E-state index contributed by atoms with van der Waals surface area (Å²) in [5.41, 5.74) is 0.702. The zero-order chi connectivity index (χ0) is 11.5. The molecule has 3 nitrogen and oxygen atoms in total. The number of pyridine rings is 1. The summed E-state index contributed by atoms with van der Waals surface area (Å²) in [6.45, 7) is 0.349. The van der Waals surface area contributed by atoms with Gasteiger partial charge < -0.3 is 9.47 Å². The summed E-state index contributed by atoms with van der Waals surface area (Å²) < 4.78 is 45.0. The maximum Gasteiger partial charge on any atom is 0.422 e. The first-order valence-corrected chi connectivity index (χ1v) is 4.12.